The van der Waals surface area contributed by atoms with Crippen molar-refractivity contribution >= 4 is 153 Å². The molecule has 622 valence electrons. The van der Waals surface area contributed by atoms with Crippen LogP contribution in [0.15, 0.2) is 462 Å². The zero-order valence-electron chi connectivity index (χ0n) is 71.4. The number of para-hydroxylation sites is 9. The van der Waals surface area contributed by atoms with Crippen LogP contribution in [-0.4, -0.2) is 48.2 Å². The Bertz CT molecular complexity index is 9410. The number of nitrogens with zero attached hydrogens (tertiary/aromatic N) is 10. The van der Waals surface area contributed by atoms with Crippen LogP contribution in [0.2, 0.25) is 0 Å². The highest BCUT2D eigenvalue weighted by Crippen LogP contribution is 2.45. The third-order valence-corrected chi connectivity index (χ3v) is 25.8. The number of aromatic nitrogens is 10. The van der Waals surface area contributed by atoms with Crippen molar-refractivity contribution in [1.82, 2.24) is 48.2 Å². The lowest BCUT2D eigenvalue weighted by molar-refractivity contribution is 0.662. The summed E-state index contributed by atoms with van der Waals surface area (Å²) >= 11 is 0. The van der Waals surface area contributed by atoms with E-state index in [9.17, 15) is 0 Å². The molecule has 0 aliphatic carbocycles. The number of fused-ring (bicyclic) bond motifs is 21. The van der Waals surface area contributed by atoms with Crippen molar-refractivity contribution in [2.24, 2.45) is 0 Å². The lowest BCUT2D eigenvalue weighted by Gasteiger charge is -2.11. The minimum absolute atomic E-state index is 0.651. The predicted octanol–water partition coefficient (Wildman–Crippen LogP) is 31.2. The molecule has 0 saturated carbocycles. The van der Waals surface area contributed by atoms with Gasteiger partial charge in [0.25, 0.3) is 0 Å². The van der Waals surface area contributed by atoms with E-state index in [1.54, 1.807) is 0 Å². The summed E-state index contributed by atoms with van der Waals surface area (Å²) in [5, 5.41) is 12.4. The van der Waals surface area contributed by atoms with E-state index in [1.165, 1.54) is 60.1 Å². The van der Waals surface area contributed by atoms with Crippen molar-refractivity contribution in [3.05, 3.63) is 449 Å². The number of hydrogen-bond donors (Lipinski definition) is 0. The van der Waals surface area contributed by atoms with Gasteiger partial charge in [0, 0.05) is 104 Å². The molecular formula is C120H74N10O3. The second-order valence-electron chi connectivity index (χ2n) is 33.5. The summed E-state index contributed by atoms with van der Waals surface area (Å²) in [5.41, 5.74) is 30.6. The van der Waals surface area contributed by atoms with Gasteiger partial charge in [-0.1, -0.05) is 303 Å². The van der Waals surface area contributed by atoms with E-state index in [0.29, 0.717) is 34.2 Å². The molecule has 0 N–H and O–H groups in total. The van der Waals surface area contributed by atoms with Gasteiger partial charge in [-0.3, -0.25) is 4.57 Å². The summed E-state index contributed by atoms with van der Waals surface area (Å²) in [5.74, 6) is 2.73. The molecule has 0 amide bonds. The van der Waals surface area contributed by atoms with Gasteiger partial charge < -0.3 is 27.0 Å². The highest BCUT2D eigenvalue weighted by Gasteiger charge is 2.27. The number of hydrogen-bond acceptors (Lipinski definition) is 9. The van der Waals surface area contributed by atoms with E-state index in [-0.39, 0.29) is 0 Å². The Kier molecular flexibility index (Phi) is 17.9. The van der Waals surface area contributed by atoms with Crippen molar-refractivity contribution in [1.29, 1.82) is 0 Å². The molecule has 28 rings (SSSR count). The van der Waals surface area contributed by atoms with Crippen LogP contribution in [0.5, 0.6) is 0 Å². The molecule has 0 radical (unpaired) electrons. The molecule has 0 bridgehead atoms. The highest BCUT2D eigenvalue weighted by molar-refractivity contribution is 6.16. The Labute approximate surface area is 760 Å². The van der Waals surface area contributed by atoms with E-state index < -0.39 is 0 Å². The van der Waals surface area contributed by atoms with Crippen molar-refractivity contribution < 1.29 is 13.3 Å². The van der Waals surface area contributed by atoms with Gasteiger partial charge in [-0.15, -0.1) is 0 Å². The van der Waals surface area contributed by atoms with Crippen LogP contribution in [-0.2, 0) is 0 Å². The van der Waals surface area contributed by atoms with E-state index in [4.69, 9.17) is 43.2 Å². The maximum atomic E-state index is 6.53. The smallest absolute Gasteiger partial charge is 0.197 e. The second-order valence-corrected chi connectivity index (χ2v) is 33.5. The quantitative estimate of drug-likeness (QED) is 0.124. The summed E-state index contributed by atoms with van der Waals surface area (Å²) in [7, 11) is 0. The van der Waals surface area contributed by atoms with Gasteiger partial charge >= 0.3 is 0 Å². The lowest BCUT2D eigenvalue weighted by atomic mass is 10.1. The number of benzene rings is 18. The lowest BCUT2D eigenvalue weighted by Crippen LogP contribution is -2.02. The topological polar surface area (TPSA) is 136 Å². The normalized spacial score (nSPS) is 11.8. The molecule has 13 nitrogen and oxygen atoms in total. The molecule has 0 aliphatic rings. The standard InChI is InChI=1S/C40H24N4O.2C40H25N3O/c1-2-12-26(13-3-1)43-32-18-8-4-16-29(32)30-23-22-25(24-35(30)43)39-41-37-31-17-7-11-21-36(31)45-38(37)40(42-39)44-33-19-9-5-14-27(33)28-15-6-10-20-34(28)44;1-3-12-26(13-4-1)28-16-11-17-30(24-28)43-34-20-9-7-18-31(34)33-25-29(22-23-35(33)43)40-41-37(27-14-5-2-6-15-27)39-38(42-40)32-19-8-10-21-36(32)44-39;1-3-11-26(12-4-1)27-19-22-30(23-20-27)43-34-17-9-7-15-31(34)33-25-29(21-24-35(33)43)40-41-37(28-13-5-2-6-14-28)39-38(42-40)32-16-8-10-18-36(32)44-39/h1-24H;2*1-25H. The Hall–Kier alpha value is -18.2. The first-order valence-electron chi connectivity index (χ1n) is 44.6. The molecule has 28 aromatic rings. The van der Waals surface area contributed by atoms with Gasteiger partial charge in [0.1, 0.15) is 44.7 Å². The van der Waals surface area contributed by atoms with Crippen LogP contribution in [0, 0.1) is 0 Å². The second kappa shape index (κ2) is 31.4. The third-order valence-electron chi connectivity index (χ3n) is 25.8. The highest BCUT2D eigenvalue weighted by atomic mass is 16.3. The molecule has 18 aromatic carbocycles. The number of furan rings is 3. The Morgan fingerprint density at radius 3 is 0.917 bits per heavy atom. The largest absolute Gasteiger partial charge is 0.452 e. The molecule has 0 spiro atoms. The maximum absolute atomic E-state index is 6.53. The van der Waals surface area contributed by atoms with Crippen molar-refractivity contribution in [3.8, 4) is 102 Å². The average molecular weight is 1700 g/mol. The van der Waals surface area contributed by atoms with Gasteiger partial charge in [-0.2, -0.15) is 0 Å². The van der Waals surface area contributed by atoms with E-state index in [0.717, 1.165) is 161 Å². The van der Waals surface area contributed by atoms with Gasteiger partial charge in [-0.05, 0) is 168 Å². The molecule has 133 heavy (non-hydrogen) atoms. The minimum atomic E-state index is 0.651. The molecule has 0 saturated heterocycles. The van der Waals surface area contributed by atoms with Crippen LogP contribution in [0.4, 0.5) is 0 Å². The number of rotatable bonds is 11. The first-order valence-corrected chi connectivity index (χ1v) is 44.6. The van der Waals surface area contributed by atoms with Crippen LogP contribution < -0.4 is 0 Å². The summed E-state index contributed by atoms with van der Waals surface area (Å²) in [6.45, 7) is 0. The van der Waals surface area contributed by atoms with Crippen molar-refractivity contribution in [2.45, 2.75) is 0 Å². The van der Waals surface area contributed by atoms with Crippen LogP contribution in [0.3, 0.4) is 0 Å². The molecule has 0 fully saturated rings. The fourth-order valence-corrected chi connectivity index (χ4v) is 19.7. The van der Waals surface area contributed by atoms with Crippen molar-refractivity contribution in [2.75, 3.05) is 0 Å². The molecule has 10 aromatic heterocycles. The van der Waals surface area contributed by atoms with E-state index in [2.05, 4.69) is 370 Å². The molecule has 0 unspecified atom stereocenters. The van der Waals surface area contributed by atoms with E-state index >= 15 is 0 Å². The van der Waals surface area contributed by atoms with Crippen molar-refractivity contribution in [3.63, 3.8) is 0 Å². The van der Waals surface area contributed by atoms with Crippen LogP contribution in [0.25, 0.3) is 255 Å². The zero-order chi connectivity index (χ0) is 87.6. The first kappa shape index (κ1) is 76.1. The van der Waals surface area contributed by atoms with Crippen LogP contribution >= 0.6 is 0 Å². The SMILES string of the molecule is c1ccc(-c2ccc(-n3c4ccccc4c4cc(-c5nc(-c6ccccc6)c6oc7ccccc7c6n5)ccc43)cc2)cc1.c1ccc(-c2cccc(-n3c4ccccc4c4cc(-c5nc(-c6ccccc6)c6oc7ccccc7c6n5)ccc43)c2)cc1.c1ccc(-n2c3ccccc3c3ccc(-c4nc(-n5c6ccccc6c6ccccc65)c5oc6ccccc6c5n4)cc32)cc1. The predicted molar refractivity (Wildman–Crippen MR) is 543 cm³/mol. The summed E-state index contributed by atoms with van der Waals surface area (Å²) in [6, 6.07) is 156. The summed E-state index contributed by atoms with van der Waals surface area (Å²) < 4.78 is 28.4. The summed E-state index contributed by atoms with van der Waals surface area (Å²) in [4.78, 5) is 31.0. The van der Waals surface area contributed by atoms with Gasteiger partial charge in [0.2, 0.25) is 0 Å². The monoisotopic (exact) mass is 1700 g/mol. The van der Waals surface area contributed by atoms with Gasteiger partial charge in [-0.25, -0.2) is 29.9 Å². The third kappa shape index (κ3) is 12.8. The molecular weight excluding hydrogens is 1630 g/mol. The van der Waals surface area contributed by atoms with Gasteiger partial charge in [0.15, 0.2) is 40.0 Å². The zero-order valence-corrected chi connectivity index (χ0v) is 71.4. The first-order chi connectivity index (χ1) is 66.0. The Morgan fingerprint density at radius 2 is 0.451 bits per heavy atom. The van der Waals surface area contributed by atoms with Gasteiger partial charge in [0.05, 0.1) is 44.1 Å². The van der Waals surface area contributed by atoms with Crippen LogP contribution in [0.1, 0.15) is 0 Å². The fraction of sp³-hybridized carbons (Fsp3) is 0. The molecule has 0 atom stereocenters. The fourth-order valence-electron chi connectivity index (χ4n) is 19.7. The molecule has 0 aliphatic heterocycles. The maximum Gasteiger partial charge on any atom is 0.197 e. The van der Waals surface area contributed by atoms with E-state index in [1.807, 2.05) is 97.1 Å². The Morgan fingerprint density at radius 1 is 0.158 bits per heavy atom. The molecule has 10 heterocycles. The Balaban J connectivity index is 0.000000104. The summed E-state index contributed by atoms with van der Waals surface area (Å²) in [6.07, 6.45) is 0. The minimum Gasteiger partial charge on any atom is -0.452 e. The average Bonchev–Trinajstić information content (AvgIpc) is 1.58. The molecule has 13 heteroatoms.